The fraction of sp³-hybridized carbons (Fsp3) is 0.538. The fourth-order valence-corrected chi connectivity index (χ4v) is 4.37. The molecule has 1 fully saturated rings. The quantitative estimate of drug-likeness (QED) is 0.206. The van der Waals surface area contributed by atoms with Crippen LogP contribution in [0.3, 0.4) is 0 Å². The van der Waals surface area contributed by atoms with Gasteiger partial charge in [0.1, 0.15) is 24.4 Å². The van der Waals surface area contributed by atoms with Crippen LogP contribution in [0.5, 0.6) is 23.0 Å². The van der Waals surface area contributed by atoms with Crippen LogP contribution in [0.4, 0.5) is 0 Å². The van der Waals surface area contributed by atoms with Gasteiger partial charge in [-0.15, -0.1) is 0 Å². The van der Waals surface area contributed by atoms with Gasteiger partial charge in [-0.25, -0.2) is 0 Å². The number of aliphatic hydroxyl groups excluding tert-OH is 4. The van der Waals surface area contributed by atoms with E-state index in [-0.39, 0.29) is 28.9 Å². The Morgan fingerprint density at radius 3 is 1.86 bits per heavy atom. The molecule has 10 heteroatoms. The highest BCUT2D eigenvalue weighted by molar-refractivity contribution is 5.41. The highest BCUT2D eigenvalue weighted by atomic mass is 16.7. The largest absolute Gasteiger partial charge is 0.504 e. The number of hydrogen-bond donors (Lipinski definition) is 8. The molecule has 8 N–H and O–H groups in total. The SMILES string of the molecule is CC(CCc1ccc(O)c(O)c1)CC(CCc1ccc(O)c(O)c1)OC1OC(CO)C(O)C(O)C1O. The summed E-state index contributed by atoms with van der Waals surface area (Å²) >= 11 is 0. The predicted molar refractivity (Wildman–Crippen MR) is 129 cm³/mol. The topological polar surface area (TPSA) is 180 Å². The van der Waals surface area contributed by atoms with E-state index < -0.39 is 43.4 Å². The second-order valence-corrected chi connectivity index (χ2v) is 9.52. The van der Waals surface area contributed by atoms with Gasteiger partial charge in [0.15, 0.2) is 29.3 Å². The zero-order chi connectivity index (χ0) is 26.4. The summed E-state index contributed by atoms with van der Waals surface area (Å²) in [6, 6.07) is 9.23. The minimum atomic E-state index is -1.55. The minimum absolute atomic E-state index is 0.129. The van der Waals surface area contributed by atoms with Gasteiger partial charge in [-0.3, -0.25) is 0 Å². The van der Waals surface area contributed by atoms with Crippen molar-refractivity contribution >= 4 is 0 Å². The molecule has 7 unspecified atom stereocenters. The second-order valence-electron chi connectivity index (χ2n) is 9.52. The van der Waals surface area contributed by atoms with Crippen molar-refractivity contribution in [3.05, 3.63) is 47.5 Å². The van der Waals surface area contributed by atoms with E-state index in [0.29, 0.717) is 25.7 Å². The number of phenols is 4. The Balaban J connectivity index is 1.67. The molecule has 2 aromatic carbocycles. The molecule has 0 radical (unpaired) electrons. The standard InChI is InChI=1S/C26H36O10/c1-14(2-3-15-5-8-18(28)20(30)11-15)10-17(7-4-16-6-9-19(29)21(31)12-16)35-26-25(34)24(33)23(32)22(13-27)36-26/h5-6,8-9,11-12,14,17,22-34H,2-4,7,10,13H2,1H3. The van der Waals surface area contributed by atoms with Crippen LogP contribution in [0, 0.1) is 5.92 Å². The first kappa shape index (κ1) is 28.0. The first-order valence-corrected chi connectivity index (χ1v) is 12.1. The van der Waals surface area contributed by atoms with Gasteiger partial charge in [-0.05, 0) is 73.4 Å². The van der Waals surface area contributed by atoms with Crippen LogP contribution in [0.2, 0.25) is 0 Å². The van der Waals surface area contributed by atoms with Crippen molar-refractivity contribution in [2.24, 2.45) is 5.92 Å². The van der Waals surface area contributed by atoms with Crippen LogP contribution in [0.25, 0.3) is 0 Å². The van der Waals surface area contributed by atoms with Gasteiger partial charge in [0.05, 0.1) is 12.7 Å². The number of aromatic hydroxyl groups is 4. The van der Waals surface area contributed by atoms with Crippen LogP contribution in [-0.2, 0) is 22.3 Å². The average molecular weight is 509 g/mol. The lowest BCUT2D eigenvalue weighted by atomic mass is 9.92. The molecule has 2 aromatic rings. The van der Waals surface area contributed by atoms with Gasteiger partial charge in [0, 0.05) is 0 Å². The lowest BCUT2D eigenvalue weighted by Gasteiger charge is -2.41. The lowest BCUT2D eigenvalue weighted by molar-refractivity contribution is -0.312. The first-order valence-electron chi connectivity index (χ1n) is 12.1. The lowest BCUT2D eigenvalue weighted by Crippen LogP contribution is -2.59. The summed E-state index contributed by atoms with van der Waals surface area (Å²) in [6.07, 6.45) is -4.47. The van der Waals surface area contributed by atoms with E-state index in [1.165, 1.54) is 24.3 Å². The highest BCUT2D eigenvalue weighted by Gasteiger charge is 2.44. The van der Waals surface area contributed by atoms with E-state index in [1.54, 1.807) is 12.1 Å². The molecule has 1 heterocycles. The Hall–Kier alpha value is -2.60. The van der Waals surface area contributed by atoms with Crippen molar-refractivity contribution in [2.45, 2.75) is 75.8 Å². The molecule has 1 aliphatic rings. The van der Waals surface area contributed by atoms with Crippen molar-refractivity contribution < 1.29 is 50.3 Å². The van der Waals surface area contributed by atoms with E-state index >= 15 is 0 Å². The molecule has 0 aromatic heterocycles. The van der Waals surface area contributed by atoms with Crippen molar-refractivity contribution in [1.29, 1.82) is 0 Å². The first-order chi connectivity index (χ1) is 17.1. The minimum Gasteiger partial charge on any atom is -0.504 e. The number of benzene rings is 2. The zero-order valence-electron chi connectivity index (χ0n) is 20.1. The van der Waals surface area contributed by atoms with Crippen molar-refractivity contribution in [3.63, 3.8) is 0 Å². The number of rotatable bonds is 11. The van der Waals surface area contributed by atoms with Gasteiger partial charge in [0.2, 0.25) is 0 Å². The Morgan fingerprint density at radius 1 is 0.778 bits per heavy atom. The molecule has 7 atom stereocenters. The Labute approximate surface area is 209 Å². The maximum absolute atomic E-state index is 10.4. The summed E-state index contributed by atoms with van der Waals surface area (Å²) < 4.78 is 11.6. The maximum atomic E-state index is 10.4. The van der Waals surface area contributed by atoms with Crippen molar-refractivity contribution in [1.82, 2.24) is 0 Å². The van der Waals surface area contributed by atoms with Gasteiger partial charge in [0.25, 0.3) is 0 Å². The molecule has 0 spiro atoms. The van der Waals surface area contributed by atoms with Gasteiger partial charge < -0.3 is 50.3 Å². The summed E-state index contributed by atoms with van der Waals surface area (Å²) in [5.41, 5.74) is 1.63. The number of ether oxygens (including phenoxy) is 2. The molecular weight excluding hydrogens is 472 g/mol. The third-order valence-corrected chi connectivity index (χ3v) is 6.60. The van der Waals surface area contributed by atoms with Crippen LogP contribution in [0.1, 0.15) is 37.3 Å². The molecule has 1 aliphatic heterocycles. The number of aryl methyl sites for hydroxylation is 2. The summed E-state index contributed by atoms with van der Waals surface area (Å²) in [6.45, 7) is 1.47. The summed E-state index contributed by atoms with van der Waals surface area (Å²) in [5, 5.41) is 78.6. The molecule has 200 valence electrons. The second kappa shape index (κ2) is 12.6. The van der Waals surface area contributed by atoms with Crippen LogP contribution in [0.15, 0.2) is 36.4 Å². The molecule has 3 rings (SSSR count). The van der Waals surface area contributed by atoms with Gasteiger partial charge in [-0.1, -0.05) is 19.1 Å². The molecule has 36 heavy (non-hydrogen) atoms. The third kappa shape index (κ3) is 7.22. The van der Waals surface area contributed by atoms with E-state index in [1.807, 2.05) is 6.92 Å². The van der Waals surface area contributed by atoms with Crippen LogP contribution in [-0.4, -0.2) is 84.3 Å². The maximum Gasteiger partial charge on any atom is 0.186 e. The van der Waals surface area contributed by atoms with Crippen LogP contribution < -0.4 is 0 Å². The molecular formula is C26H36O10. The fourth-order valence-electron chi connectivity index (χ4n) is 4.37. The van der Waals surface area contributed by atoms with Crippen LogP contribution >= 0.6 is 0 Å². The van der Waals surface area contributed by atoms with Crippen molar-refractivity contribution in [2.75, 3.05) is 6.61 Å². The molecule has 0 bridgehead atoms. The zero-order valence-corrected chi connectivity index (χ0v) is 20.1. The highest BCUT2D eigenvalue weighted by Crippen LogP contribution is 2.30. The molecule has 0 amide bonds. The van der Waals surface area contributed by atoms with Gasteiger partial charge >= 0.3 is 0 Å². The summed E-state index contributed by atoms with van der Waals surface area (Å²) in [5.74, 6) is -0.684. The van der Waals surface area contributed by atoms with E-state index in [4.69, 9.17) is 9.47 Å². The number of aliphatic hydroxyl groups is 4. The van der Waals surface area contributed by atoms with E-state index in [9.17, 15) is 40.9 Å². The van der Waals surface area contributed by atoms with E-state index in [2.05, 4.69) is 0 Å². The molecule has 0 saturated carbocycles. The Kier molecular flexibility index (Phi) is 9.77. The van der Waals surface area contributed by atoms with Gasteiger partial charge in [-0.2, -0.15) is 0 Å². The monoisotopic (exact) mass is 508 g/mol. The Bertz CT molecular complexity index is 981. The normalized spacial score (nSPS) is 26.0. The third-order valence-electron chi connectivity index (χ3n) is 6.60. The van der Waals surface area contributed by atoms with E-state index in [0.717, 1.165) is 17.5 Å². The van der Waals surface area contributed by atoms with Crippen molar-refractivity contribution in [3.8, 4) is 23.0 Å². The summed E-state index contributed by atoms with van der Waals surface area (Å²) in [7, 11) is 0. The molecule has 1 saturated heterocycles. The molecule has 0 aliphatic carbocycles. The average Bonchev–Trinajstić information content (AvgIpc) is 2.85. The Morgan fingerprint density at radius 2 is 1.33 bits per heavy atom. The number of phenolic OH excluding ortho intramolecular Hbond substituents is 4. The molecule has 10 nitrogen and oxygen atoms in total. The smallest absolute Gasteiger partial charge is 0.186 e. The summed E-state index contributed by atoms with van der Waals surface area (Å²) in [4.78, 5) is 0. The number of hydrogen-bond acceptors (Lipinski definition) is 10. The predicted octanol–water partition coefficient (Wildman–Crippen LogP) is 1.29.